The third kappa shape index (κ3) is 8.06. The molecule has 7 nitrogen and oxygen atoms in total. The first-order valence-corrected chi connectivity index (χ1v) is 14.8. The molecule has 1 fully saturated rings. The molecule has 2 aromatic rings. The molecule has 1 aliphatic rings. The van der Waals surface area contributed by atoms with Crippen LogP contribution in [0.1, 0.15) is 51.0 Å². The van der Waals surface area contributed by atoms with Gasteiger partial charge in [0.05, 0.1) is 11.9 Å². The van der Waals surface area contributed by atoms with Crippen LogP contribution in [-0.4, -0.2) is 50.0 Å². The number of rotatable bonds is 11. The number of benzene rings is 2. The first-order valence-electron chi connectivity index (χ1n) is 12.2. The molecule has 11 heteroatoms. The van der Waals surface area contributed by atoms with Crippen LogP contribution in [-0.2, 0) is 26.2 Å². The van der Waals surface area contributed by atoms with Gasteiger partial charge in [0, 0.05) is 35.6 Å². The number of nitrogens with zero attached hydrogens (tertiary/aromatic N) is 2. The monoisotopic (exact) mass is 571 g/mol. The average molecular weight is 573 g/mol. The Morgan fingerprint density at radius 1 is 1.14 bits per heavy atom. The molecule has 0 unspecified atom stereocenters. The lowest BCUT2D eigenvalue weighted by molar-refractivity contribution is -0.140. The highest BCUT2D eigenvalue weighted by Crippen LogP contribution is 2.25. The molecule has 0 bridgehead atoms. The van der Waals surface area contributed by atoms with Crippen molar-refractivity contribution < 1.29 is 22.4 Å². The van der Waals surface area contributed by atoms with Crippen molar-refractivity contribution in [3.63, 3.8) is 0 Å². The van der Waals surface area contributed by atoms with Crippen molar-refractivity contribution in [2.45, 2.75) is 64.1 Å². The second-order valence-corrected chi connectivity index (χ2v) is 12.1. The van der Waals surface area contributed by atoms with E-state index in [1.165, 1.54) is 23.1 Å². The summed E-state index contributed by atoms with van der Waals surface area (Å²) >= 11 is 12.4. The summed E-state index contributed by atoms with van der Waals surface area (Å²) in [6.45, 7) is 1.65. The summed E-state index contributed by atoms with van der Waals surface area (Å²) in [6, 6.07) is 9.83. The lowest BCUT2D eigenvalue weighted by Gasteiger charge is -2.30. The predicted molar refractivity (Wildman–Crippen MR) is 145 cm³/mol. The van der Waals surface area contributed by atoms with Crippen molar-refractivity contribution in [1.82, 2.24) is 10.2 Å². The molecule has 0 aromatic heterocycles. The first-order chi connectivity index (χ1) is 17.5. The van der Waals surface area contributed by atoms with Gasteiger partial charge in [-0.15, -0.1) is 0 Å². The Labute approximate surface area is 228 Å². The van der Waals surface area contributed by atoms with E-state index in [0.717, 1.165) is 36.2 Å². The van der Waals surface area contributed by atoms with Gasteiger partial charge < -0.3 is 10.2 Å². The van der Waals surface area contributed by atoms with Crippen LogP contribution in [0.5, 0.6) is 0 Å². The van der Waals surface area contributed by atoms with E-state index in [-0.39, 0.29) is 49.5 Å². The Balaban J connectivity index is 1.75. The fraction of sp³-hybridized carbons (Fsp3) is 0.462. The van der Waals surface area contributed by atoms with E-state index in [0.29, 0.717) is 15.6 Å². The van der Waals surface area contributed by atoms with Gasteiger partial charge in [-0.3, -0.25) is 13.9 Å². The van der Waals surface area contributed by atoms with Crippen molar-refractivity contribution in [2.75, 3.05) is 17.1 Å². The smallest absolute Gasteiger partial charge is 0.242 e. The second-order valence-electron chi connectivity index (χ2n) is 9.31. The summed E-state index contributed by atoms with van der Waals surface area (Å²) in [4.78, 5) is 27.8. The van der Waals surface area contributed by atoms with Crippen molar-refractivity contribution in [3.05, 3.63) is 63.9 Å². The van der Waals surface area contributed by atoms with Gasteiger partial charge in [0.2, 0.25) is 21.8 Å². The lowest BCUT2D eigenvalue weighted by atomic mass is 10.1. The predicted octanol–water partition coefficient (Wildman–Crippen LogP) is 5.15. The van der Waals surface area contributed by atoms with Crippen LogP contribution < -0.4 is 9.62 Å². The fourth-order valence-electron chi connectivity index (χ4n) is 4.44. The maximum Gasteiger partial charge on any atom is 0.242 e. The Kier molecular flexibility index (Phi) is 10.2. The molecule has 2 amide bonds. The van der Waals surface area contributed by atoms with Crippen molar-refractivity contribution in [1.29, 1.82) is 0 Å². The summed E-state index contributed by atoms with van der Waals surface area (Å²) in [5.74, 6) is -1.27. The van der Waals surface area contributed by atoms with E-state index >= 15 is 0 Å². The van der Waals surface area contributed by atoms with Crippen LogP contribution in [0.4, 0.5) is 10.1 Å². The number of amides is 2. The van der Waals surface area contributed by atoms with E-state index < -0.39 is 21.9 Å². The van der Waals surface area contributed by atoms with Gasteiger partial charge in [0.1, 0.15) is 11.9 Å². The third-order valence-corrected chi connectivity index (χ3v) is 8.26. The summed E-state index contributed by atoms with van der Waals surface area (Å²) in [5.41, 5.74) is 0.551. The zero-order valence-electron chi connectivity index (χ0n) is 20.9. The molecule has 1 saturated carbocycles. The van der Waals surface area contributed by atoms with Crippen LogP contribution >= 0.6 is 23.2 Å². The molecular weight excluding hydrogens is 540 g/mol. The number of hydrogen-bond acceptors (Lipinski definition) is 4. The molecule has 37 heavy (non-hydrogen) atoms. The average Bonchev–Trinajstić information content (AvgIpc) is 3.34. The molecule has 1 aliphatic carbocycles. The standard InChI is InChI=1S/C26H32Cl2FN3O4S/c1-18(26(34)30-21-8-3-4-9-21)31(17-19-13-14-20(27)16-22(19)28)25(33)12-7-15-32(37(2,35)36)24-11-6-5-10-23(24)29/h5-6,10-11,13-14,16,18,21H,3-4,7-9,12,15,17H2,1-2H3,(H,30,34)/t18-/m1/s1. The molecule has 0 heterocycles. The molecule has 1 atom stereocenters. The third-order valence-electron chi connectivity index (χ3n) is 6.50. The van der Waals surface area contributed by atoms with Gasteiger partial charge >= 0.3 is 0 Å². The van der Waals surface area contributed by atoms with Gasteiger partial charge in [-0.05, 0) is 56.0 Å². The second kappa shape index (κ2) is 12.9. The normalized spacial score (nSPS) is 14.8. The minimum Gasteiger partial charge on any atom is -0.352 e. The van der Waals surface area contributed by atoms with Gasteiger partial charge in [-0.1, -0.05) is 54.2 Å². The van der Waals surface area contributed by atoms with Crippen LogP contribution in [0, 0.1) is 5.82 Å². The quantitative estimate of drug-likeness (QED) is 0.404. The van der Waals surface area contributed by atoms with Crippen LogP contribution in [0.3, 0.4) is 0 Å². The highest BCUT2D eigenvalue weighted by Gasteiger charge is 2.29. The summed E-state index contributed by atoms with van der Waals surface area (Å²) in [6.07, 6.45) is 5.00. The number of carbonyl (C=O) groups excluding carboxylic acids is 2. The number of nitrogens with one attached hydrogen (secondary N) is 1. The minimum atomic E-state index is -3.79. The van der Waals surface area contributed by atoms with E-state index in [1.54, 1.807) is 31.2 Å². The first kappa shape index (κ1) is 29.2. The van der Waals surface area contributed by atoms with Gasteiger partial charge in [0.15, 0.2) is 0 Å². The Hall–Kier alpha value is -2.36. The molecule has 3 rings (SSSR count). The maximum atomic E-state index is 14.3. The molecule has 202 valence electrons. The van der Waals surface area contributed by atoms with Crippen molar-refractivity contribution >= 4 is 50.7 Å². The van der Waals surface area contributed by atoms with E-state index in [1.807, 2.05) is 0 Å². The zero-order chi connectivity index (χ0) is 27.2. The zero-order valence-corrected chi connectivity index (χ0v) is 23.3. The van der Waals surface area contributed by atoms with Gasteiger partial charge in [-0.2, -0.15) is 0 Å². The molecule has 0 spiro atoms. The van der Waals surface area contributed by atoms with Gasteiger partial charge in [0.25, 0.3) is 0 Å². The number of hydrogen-bond donors (Lipinski definition) is 1. The largest absolute Gasteiger partial charge is 0.352 e. The summed E-state index contributed by atoms with van der Waals surface area (Å²) in [7, 11) is -3.79. The molecule has 0 aliphatic heterocycles. The minimum absolute atomic E-state index is 0.0489. The molecule has 1 N–H and O–H groups in total. The maximum absolute atomic E-state index is 14.3. The topological polar surface area (TPSA) is 86.8 Å². The SMILES string of the molecule is C[C@H](C(=O)NC1CCCC1)N(Cc1ccc(Cl)cc1Cl)C(=O)CCCN(c1ccccc1F)S(C)(=O)=O. The Morgan fingerprint density at radius 3 is 2.43 bits per heavy atom. The van der Waals surface area contributed by atoms with Crippen LogP contribution in [0.2, 0.25) is 10.0 Å². The number of para-hydroxylation sites is 1. The number of carbonyl (C=O) groups is 2. The highest BCUT2D eigenvalue weighted by atomic mass is 35.5. The number of sulfonamides is 1. The molecule has 2 aromatic carbocycles. The van der Waals surface area contributed by atoms with Crippen LogP contribution in [0.15, 0.2) is 42.5 Å². The van der Waals surface area contributed by atoms with Crippen LogP contribution in [0.25, 0.3) is 0 Å². The van der Waals surface area contributed by atoms with E-state index in [2.05, 4.69) is 5.32 Å². The summed E-state index contributed by atoms with van der Waals surface area (Å²) < 4.78 is 40.0. The summed E-state index contributed by atoms with van der Waals surface area (Å²) in [5, 5.41) is 3.85. The lowest BCUT2D eigenvalue weighted by Crippen LogP contribution is -2.49. The Bertz CT molecular complexity index is 1220. The van der Waals surface area contributed by atoms with Crippen molar-refractivity contribution in [3.8, 4) is 0 Å². The molecule has 0 saturated heterocycles. The fourth-order valence-corrected chi connectivity index (χ4v) is 5.88. The molecular formula is C26H32Cl2FN3O4S. The van der Waals surface area contributed by atoms with E-state index in [9.17, 15) is 22.4 Å². The Morgan fingerprint density at radius 2 is 1.81 bits per heavy atom. The number of anilines is 1. The van der Waals surface area contributed by atoms with Gasteiger partial charge in [-0.25, -0.2) is 12.8 Å². The van der Waals surface area contributed by atoms with E-state index in [4.69, 9.17) is 23.2 Å². The molecule has 0 radical (unpaired) electrons. The highest BCUT2D eigenvalue weighted by molar-refractivity contribution is 7.92. The number of halogens is 3. The van der Waals surface area contributed by atoms with Crippen molar-refractivity contribution in [2.24, 2.45) is 0 Å².